The zero-order chi connectivity index (χ0) is 24.3. The molecule has 9 heteroatoms. The Bertz CT molecular complexity index is 1370. The largest absolute Gasteiger partial charge is 0.455 e. The number of anilines is 1. The first-order valence-corrected chi connectivity index (χ1v) is 11.8. The Balaban J connectivity index is 1.78. The average molecular weight is 484 g/mol. The van der Waals surface area contributed by atoms with E-state index in [0.717, 1.165) is 11.1 Å². The van der Waals surface area contributed by atoms with Crippen molar-refractivity contribution in [2.75, 3.05) is 5.32 Å². The Morgan fingerprint density at radius 1 is 1.06 bits per heavy atom. The maximum absolute atomic E-state index is 12.6. The third-order valence-electron chi connectivity index (χ3n) is 4.96. The highest BCUT2D eigenvalue weighted by Gasteiger charge is 2.14. The monoisotopic (exact) mass is 483 g/mol. The molecular weight excluding hydrogens is 462 g/mol. The van der Waals surface area contributed by atoms with Crippen molar-refractivity contribution in [3.63, 3.8) is 0 Å². The topological polar surface area (TPSA) is 122 Å². The molecular formula is C24H22ClN3O4S. The first-order chi connectivity index (χ1) is 15.5. The summed E-state index contributed by atoms with van der Waals surface area (Å²) in [6.45, 7) is 5.37. The van der Waals surface area contributed by atoms with Crippen LogP contribution in [0.2, 0.25) is 5.02 Å². The molecule has 170 valence electrons. The molecule has 1 amide bonds. The van der Waals surface area contributed by atoms with Crippen LogP contribution in [0.5, 0.6) is 11.5 Å². The van der Waals surface area contributed by atoms with E-state index in [1.165, 1.54) is 18.2 Å². The molecule has 0 spiro atoms. The number of hydrogen-bond acceptors (Lipinski definition) is 5. The Morgan fingerprint density at radius 3 is 2.30 bits per heavy atom. The summed E-state index contributed by atoms with van der Waals surface area (Å²) in [5.74, 6) is 0.704. The third-order valence-corrected chi connectivity index (χ3v) is 6.19. The molecule has 0 atom stereocenters. The molecule has 0 aromatic heterocycles. The number of nitrogens with one attached hydrogen (secondary N) is 1. The fourth-order valence-electron chi connectivity index (χ4n) is 3.35. The number of amides is 1. The standard InChI is InChI=1S/C24H22ClN3O4S/c1-14-10-19(33(27,30)31)5-7-21(14)28-23(29)12-17-4-6-20(25)22(11-17)32-24-15(2)8-18(13-26)9-16(24)3/h4-11H,12H2,1-3H3,(H,28,29)(H2,27,30,31). The fraction of sp³-hybridized carbons (Fsp3) is 0.167. The Hall–Kier alpha value is -3.38. The van der Waals surface area contributed by atoms with Gasteiger partial charge in [-0.25, -0.2) is 13.6 Å². The zero-order valence-corrected chi connectivity index (χ0v) is 19.8. The maximum atomic E-state index is 12.6. The Morgan fingerprint density at radius 2 is 1.73 bits per heavy atom. The molecule has 0 bridgehead atoms. The van der Waals surface area contributed by atoms with Crippen molar-refractivity contribution in [1.82, 2.24) is 0 Å². The maximum Gasteiger partial charge on any atom is 0.238 e. The normalized spacial score (nSPS) is 11.0. The van der Waals surface area contributed by atoms with Gasteiger partial charge in [-0.05, 0) is 85.5 Å². The molecule has 33 heavy (non-hydrogen) atoms. The van der Waals surface area contributed by atoms with Crippen LogP contribution in [0.4, 0.5) is 5.69 Å². The Labute approximate surface area is 197 Å². The number of nitrogens with zero attached hydrogens (tertiary/aromatic N) is 1. The van der Waals surface area contributed by atoms with Gasteiger partial charge in [-0.3, -0.25) is 4.79 Å². The third kappa shape index (κ3) is 5.90. The lowest BCUT2D eigenvalue weighted by Crippen LogP contribution is -2.16. The van der Waals surface area contributed by atoms with Crippen molar-refractivity contribution >= 4 is 33.2 Å². The predicted molar refractivity (Wildman–Crippen MR) is 127 cm³/mol. The molecule has 0 saturated carbocycles. The van der Waals surface area contributed by atoms with Crippen molar-refractivity contribution in [1.29, 1.82) is 5.26 Å². The minimum Gasteiger partial charge on any atom is -0.455 e. The lowest BCUT2D eigenvalue weighted by molar-refractivity contribution is -0.115. The van der Waals surface area contributed by atoms with Gasteiger partial charge in [0.05, 0.1) is 28.0 Å². The molecule has 0 unspecified atom stereocenters. The molecule has 0 radical (unpaired) electrons. The van der Waals surface area contributed by atoms with Gasteiger partial charge in [0.2, 0.25) is 15.9 Å². The summed E-state index contributed by atoms with van der Waals surface area (Å²) in [6, 6.07) is 14.9. The lowest BCUT2D eigenvalue weighted by atomic mass is 10.1. The SMILES string of the molecule is Cc1cc(S(N)(=O)=O)ccc1NC(=O)Cc1ccc(Cl)c(Oc2c(C)cc(C#N)cc2C)c1. The number of rotatable bonds is 6. The molecule has 0 aliphatic rings. The number of benzene rings is 3. The Kier molecular flexibility index (Phi) is 7.08. The molecule has 0 aliphatic carbocycles. The van der Waals surface area contributed by atoms with E-state index in [4.69, 9.17) is 26.7 Å². The van der Waals surface area contributed by atoms with E-state index >= 15 is 0 Å². The van der Waals surface area contributed by atoms with Crippen molar-refractivity contribution in [2.24, 2.45) is 5.14 Å². The number of hydrogen-bond donors (Lipinski definition) is 2. The molecule has 0 aliphatic heterocycles. The number of sulfonamides is 1. The summed E-state index contributed by atoms with van der Waals surface area (Å²) >= 11 is 6.31. The van der Waals surface area contributed by atoms with Gasteiger partial charge >= 0.3 is 0 Å². The van der Waals surface area contributed by atoms with Crippen molar-refractivity contribution in [2.45, 2.75) is 32.1 Å². The summed E-state index contributed by atoms with van der Waals surface area (Å²) in [5.41, 5.74) is 3.87. The molecule has 3 N–H and O–H groups in total. The number of primary sulfonamides is 1. The summed E-state index contributed by atoms with van der Waals surface area (Å²) in [4.78, 5) is 12.6. The number of halogens is 1. The highest BCUT2D eigenvalue weighted by molar-refractivity contribution is 7.89. The van der Waals surface area contributed by atoms with Crippen LogP contribution in [-0.4, -0.2) is 14.3 Å². The number of ether oxygens (including phenoxy) is 1. The van der Waals surface area contributed by atoms with E-state index in [-0.39, 0.29) is 17.2 Å². The van der Waals surface area contributed by atoms with Gasteiger partial charge in [0.15, 0.2) is 0 Å². The van der Waals surface area contributed by atoms with Gasteiger partial charge in [0.1, 0.15) is 11.5 Å². The average Bonchev–Trinajstić information content (AvgIpc) is 2.73. The van der Waals surface area contributed by atoms with E-state index in [1.54, 1.807) is 37.3 Å². The van der Waals surface area contributed by atoms with Crippen LogP contribution in [-0.2, 0) is 21.2 Å². The van der Waals surface area contributed by atoms with E-state index in [0.29, 0.717) is 38.9 Å². The summed E-state index contributed by atoms with van der Waals surface area (Å²) in [6.07, 6.45) is 0.0508. The molecule has 3 aromatic carbocycles. The molecule has 0 saturated heterocycles. The van der Waals surface area contributed by atoms with Crippen LogP contribution in [0.25, 0.3) is 0 Å². The van der Waals surface area contributed by atoms with Gasteiger partial charge < -0.3 is 10.1 Å². The first-order valence-electron chi connectivity index (χ1n) is 9.89. The highest BCUT2D eigenvalue weighted by Crippen LogP contribution is 2.34. The lowest BCUT2D eigenvalue weighted by Gasteiger charge is -2.15. The molecule has 0 heterocycles. The van der Waals surface area contributed by atoms with Gasteiger partial charge in [0.25, 0.3) is 0 Å². The van der Waals surface area contributed by atoms with E-state index in [9.17, 15) is 13.2 Å². The predicted octanol–water partition coefficient (Wildman–Crippen LogP) is 4.76. The van der Waals surface area contributed by atoms with E-state index in [2.05, 4.69) is 11.4 Å². The van der Waals surface area contributed by atoms with E-state index < -0.39 is 10.0 Å². The zero-order valence-electron chi connectivity index (χ0n) is 18.3. The minimum atomic E-state index is -3.82. The number of aryl methyl sites for hydroxylation is 3. The molecule has 7 nitrogen and oxygen atoms in total. The van der Waals surface area contributed by atoms with Gasteiger partial charge in [0, 0.05) is 5.69 Å². The van der Waals surface area contributed by atoms with E-state index in [1.807, 2.05) is 13.8 Å². The number of nitriles is 1. The number of carbonyl (C=O) groups is 1. The second kappa shape index (κ2) is 9.63. The van der Waals surface area contributed by atoms with Gasteiger partial charge in [-0.2, -0.15) is 5.26 Å². The van der Waals surface area contributed by atoms with Crippen LogP contribution >= 0.6 is 11.6 Å². The smallest absolute Gasteiger partial charge is 0.238 e. The summed E-state index contributed by atoms with van der Waals surface area (Å²) < 4.78 is 29.0. The summed E-state index contributed by atoms with van der Waals surface area (Å²) in [7, 11) is -3.82. The van der Waals surface area contributed by atoms with Crippen LogP contribution in [0.1, 0.15) is 27.8 Å². The minimum absolute atomic E-state index is 0.0223. The van der Waals surface area contributed by atoms with Crippen molar-refractivity contribution in [3.05, 3.63) is 81.4 Å². The van der Waals surface area contributed by atoms with Crippen molar-refractivity contribution in [3.8, 4) is 17.6 Å². The van der Waals surface area contributed by atoms with Crippen LogP contribution < -0.4 is 15.2 Å². The highest BCUT2D eigenvalue weighted by atomic mass is 35.5. The van der Waals surface area contributed by atoms with Crippen LogP contribution in [0, 0.1) is 32.1 Å². The number of nitrogens with two attached hydrogens (primary N) is 1. The first kappa shape index (κ1) is 24.3. The summed E-state index contributed by atoms with van der Waals surface area (Å²) in [5, 5.41) is 17.4. The van der Waals surface area contributed by atoms with Gasteiger partial charge in [-0.15, -0.1) is 0 Å². The molecule has 3 aromatic rings. The van der Waals surface area contributed by atoms with Gasteiger partial charge in [-0.1, -0.05) is 17.7 Å². The van der Waals surface area contributed by atoms with Crippen molar-refractivity contribution < 1.29 is 17.9 Å². The number of carbonyl (C=O) groups excluding carboxylic acids is 1. The van der Waals surface area contributed by atoms with Crippen LogP contribution in [0.15, 0.2) is 53.4 Å². The molecule has 0 fully saturated rings. The quantitative estimate of drug-likeness (QED) is 0.523. The fourth-order valence-corrected chi connectivity index (χ4v) is 4.11. The van der Waals surface area contributed by atoms with Crippen LogP contribution in [0.3, 0.4) is 0 Å². The molecule has 3 rings (SSSR count). The second-order valence-electron chi connectivity index (χ2n) is 7.66. The second-order valence-corrected chi connectivity index (χ2v) is 9.63.